The van der Waals surface area contributed by atoms with Crippen LogP contribution in [-0.4, -0.2) is 62.4 Å². The zero-order valence-electron chi connectivity index (χ0n) is 14.2. The zero-order chi connectivity index (χ0) is 17.5. The molecule has 1 fully saturated rings. The molecule has 1 aliphatic heterocycles. The average molecular weight is 397 g/mol. The number of halogens is 1. The van der Waals surface area contributed by atoms with Crippen LogP contribution in [0.4, 0.5) is 10.6 Å². The number of fused-ring (bicyclic) bond motifs is 1. The molecule has 2 aromatic heterocycles. The van der Waals surface area contributed by atoms with Gasteiger partial charge in [-0.2, -0.15) is 5.10 Å². The maximum Gasteiger partial charge on any atom is 0.410 e. The molecule has 8 nitrogen and oxygen atoms in total. The highest BCUT2D eigenvalue weighted by Crippen LogP contribution is 2.29. The van der Waals surface area contributed by atoms with Crippen molar-refractivity contribution in [2.75, 3.05) is 24.5 Å². The number of H-pyrrole nitrogens is 1. The Bertz CT molecular complexity index is 756. The van der Waals surface area contributed by atoms with E-state index in [9.17, 15) is 4.79 Å². The Morgan fingerprint density at radius 2 is 2.12 bits per heavy atom. The summed E-state index contributed by atoms with van der Waals surface area (Å²) in [7, 11) is 0. The van der Waals surface area contributed by atoms with Gasteiger partial charge in [0.25, 0.3) is 0 Å². The predicted octanol–water partition coefficient (Wildman–Crippen LogP) is 2.56. The van der Waals surface area contributed by atoms with Crippen LogP contribution in [0.3, 0.4) is 0 Å². The van der Waals surface area contributed by atoms with Gasteiger partial charge in [0.05, 0.1) is 5.39 Å². The minimum absolute atomic E-state index is 0.0179. The van der Waals surface area contributed by atoms with Crippen LogP contribution in [0, 0.1) is 0 Å². The van der Waals surface area contributed by atoms with E-state index in [0.717, 1.165) is 15.8 Å². The number of hydrogen-bond donors (Lipinski definition) is 1. The summed E-state index contributed by atoms with van der Waals surface area (Å²) in [5, 5.41) is 7.87. The summed E-state index contributed by atoms with van der Waals surface area (Å²) in [5.41, 5.74) is 0.128. The van der Waals surface area contributed by atoms with Crippen LogP contribution >= 0.6 is 15.9 Å². The van der Waals surface area contributed by atoms with Gasteiger partial charge in [-0.25, -0.2) is 14.8 Å². The summed E-state index contributed by atoms with van der Waals surface area (Å²) < 4.78 is 6.25. The Labute approximate surface area is 148 Å². The number of aromatic amines is 1. The number of nitrogens with zero attached hydrogens (tertiary/aromatic N) is 5. The second-order valence-electron chi connectivity index (χ2n) is 6.90. The van der Waals surface area contributed by atoms with Crippen LogP contribution in [-0.2, 0) is 4.74 Å². The molecule has 0 unspecified atom stereocenters. The number of rotatable bonds is 1. The summed E-state index contributed by atoms with van der Waals surface area (Å²) >= 11 is 3.46. The van der Waals surface area contributed by atoms with Crippen molar-refractivity contribution in [1.82, 2.24) is 25.1 Å². The average Bonchev–Trinajstić information content (AvgIpc) is 2.87. The van der Waals surface area contributed by atoms with Crippen molar-refractivity contribution in [2.24, 2.45) is 0 Å². The summed E-state index contributed by atoms with van der Waals surface area (Å²) in [5.74, 6) is 0.816. The molecule has 1 atom stereocenters. The minimum Gasteiger partial charge on any atom is -0.444 e. The van der Waals surface area contributed by atoms with Crippen molar-refractivity contribution in [3.8, 4) is 0 Å². The van der Waals surface area contributed by atoms with E-state index in [-0.39, 0.29) is 12.1 Å². The third-order valence-corrected chi connectivity index (χ3v) is 4.42. The molecule has 3 rings (SSSR count). The Morgan fingerprint density at radius 3 is 2.79 bits per heavy atom. The summed E-state index contributed by atoms with van der Waals surface area (Å²) in [6.07, 6.45) is 1.24. The second kappa shape index (κ2) is 6.19. The molecular weight excluding hydrogens is 376 g/mol. The van der Waals surface area contributed by atoms with Gasteiger partial charge in [-0.05, 0) is 43.6 Å². The molecule has 0 bridgehead atoms. The molecule has 0 aromatic carbocycles. The van der Waals surface area contributed by atoms with Gasteiger partial charge < -0.3 is 14.5 Å². The fraction of sp³-hybridized carbons (Fsp3) is 0.600. The van der Waals surface area contributed by atoms with Gasteiger partial charge in [-0.15, -0.1) is 0 Å². The Balaban J connectivity index is 1.78. The molecule has 2 aromatic rings. The molecule has 1 amide bonds. The van der Waals surface area contributed by atoms with E-state index in [2.05, 4.69) is 41.0 Å². The normalized spacial score (nSPS) is 19.0. The lowest BCUT2D eigenvalue weighted by Gasteiger charge is -2.40. The highest BCUT2D eigenvalue weighted by molar-refractivity contribution is 9.10. The molecule has 9 heteroatoms. The van der Waals surface area contributed by atoms with Crippen LogP contribution in [0.15, 0.2) is 10.9 Å². The molecule has 3 heterocycles. The number of carbonyl (C=O) groups excluding carboxylic acids is 1. The minimum atomic E-state index is -0.492. The lowest BCUT2D eigenvalue weighted by molar-refractivity contribution is 0.0159. The molecule has 0 saturated carbocycles. The standard InChI is InChI=1S/C15H21BrN6O2/c1-9-7-21(5-6-22(9)14(23)24-15(2,3)4)13-10-11(16)19-20-12(10)17-8-18-13/h8-9H,5-7H2,1-4H3,(H,17,18,19,20)/t9-/m1/s1. The van der Waals surface area contributed by atoms with E-state index >= 15 is 0 Å². The van der Waals surface area contributed by atoms with Gasteiger partial charge in [0, 0.05) is 25.7 Å². The molecule has 1 N–H and O–H groups in total. The number of nitrogens with one attached hydrogen (secondary N) is 1. The monoisotopic (exact) mass is 396 g/mol. The fourth-order valence-electron chi connectivity index (χ4n) is 2.79. The van der Waals surface area contributed by atoms with E-state index in [1.165, 1.54) is 6.33 Å². The van der Waals surface area contributed by atoms with Gasteiger partial charge in [0.1, 0.15) is 22.3 Å². The number of carbonyl (C=O) groups is 1. The van der Waals surface area contributed by atoms with Crippen LogP contribution in [0.2, 0.25) is 0 Å². The third kappa shape index (κ3) is 3.31. The first kappa shape index (κ1) is 16.9. The summed E-state index contributed by atoms with van der Waals surface area (Å²) in [4.78, 5) is 24.8. The number of amides is 1. The summed E-state index contributed by atoms with van der Waals surface area (Å²) in [6.45, 7) is 9.56. The van der Waals surface area contributed by atoms with E-state index in [1.807, 2.05) is 27.7 Å². The topological polar surface area (TPSA) is 87.2 Å². The molecule has 1 saturated heterocycles. The quantitative estimate of drug-likeness (QED) is 0.796. The molecule has 0 aliphatic carbocycles. The number of aromatic nitrogens is 4. The van der Waals surface area contributed by atoms with Crippen molar-refractivity contribution >= 4 is 38.9 Å². The van der Waals surface area contributed by atoms with Gasteiger partial charge in [0.2, 0.25) is 0 Å². The van der Waals surface area contributed by atoms with E-state index in [1.54, 1.807) is 4.90 Å². The first-order chi connectivity index (χ1) is 11.3. The SMILES string of the molecule is C[C@@H]1CN(c2ncnc3n[nH]c(Br)c23)CCN1C(=O)OC(C)(C)C. The van der Waals surface area contributed by atoms with Gasteiger partial charge in [-0.3, -0.25) is 5.10 Å². The largest absolute Gasteiger partial charge is 0.444 e. The molecule has 130 valence electrons. The Hall–Kier alpha value is -1.90. The van der Waals surface area contributed by atoms with E-state index in [0.29, 0.717) is 25.3 Å². The number of piperazine rings is 1. The maximum atomic E-state index is 12.3. The molecule has 0 spiro atoms. The number of hydrogen-bond acceptors (Lipinski definition) is 6. The maximum absolute atomic E-state index is 12.3. The first-order valence-electron chi connectivity index (χ1n) is 7.85. The Morgan fingerprint density at radius 1 is 1.38 bits per heavy atom. The predicted molar refractivity (Wildman–Crippen MR) is 94.0 cm³/mol. The van der Waals surface area contributed by atoms with E-state index in [4.69, 9.17) is 4.74 Å². The van der Waals surface area contributed by atoms with Crippen LogP contribution in [0.25, 0.3) is 11.0 Å². The smallest absolute Gasteiger partial charge is 0.410 e. The molecule has 24 heavy (non-hydrogen) atoms. The van der Waals surface area contributed by atoms with Crippen LogP contribution < -0.4 is 4.90 Å². The van der Waals surface area contributed by atoms with Crippen molar-refractivity contribution in [2.45, 2.75) is 39.3 Å². The van der Waals surface area contributed by atoms with Crippen LogP contribution in [0.1, 0.15) is 27.7 Å². The van der Waals surface area contributed by atoms with Crippen molar-refractivity contribution in [3.63, 3.8) is 0 Å². The lowest BCUT2D eigenvalue weighted by atomic mass is 10.2. The fourth-order valence-corrected chi connectivity index (χ4v) is 3.23. The Kier molecular flexibility index (Phi) is 4.37. The highest BCUT2D eigenvalue weighted by atomic mass is 79.9. The highest BCUT2D eigenvalue weighted by Gasteiger charge is 2.32. The van der Waals surface area contributed by atoms with Crippen LogP contribution in [0.5, 0.6) is 0 Å². The van der Waals surface area contributed by atoms with Crippen molar-refractivity contribution in [3.05, 3.63) is 10.9 Å². The second-order valence-corrected chi connectivity index (χ2v) is 7.70. The zero-order valence-corrected chi connectivity index (χ0v) is 15.8. The number of ether oxygens (including phenoxy) is 1. The molecular formula is C15H21BrN6O2. The number of anilines is 1. The van der Waals surface area contributed by atoms with Gasteiger partial charge in [-0.1, -0.05) is 0 Å². The van der Waals surface area contributed by atoms with Crippen molar-refractivity contribution < 1.29 is 9.53 Å². The molecule has 1 aliphatic rings. The van der Waals surface area contributed by atoms with Crippen molar-refractivity contribution in [1.29, 1.82) is 0 Å². The van der Waals surface area contributed by atoms with E-state index < -0.39 is 5.60 Å². The summed E-state index contributed by atoms with van der Waals surface area (Å²) in [6, 6.07) is 0.0179. The molecule has 0 radical (unpaired) electrons. The van der Waals surface area contributed by atoms with Gasteiger partial charge in [0.15, 0.2) is 5.65 Å². The third-order valence-electron chi connectivity index (χ3n) is 3.84. The van der Waals surface area contributed by atoms with Gasteiger partial charge >= 0.3 is 6.09 Å². The lowest BCUT2D eigenvalue weighted by Crippen LogP contribution is -2.55. The first-order valence-corrected chi connectivity index (χ1v) is 8.64.